The van der Waals surface area contributed by atoms with E-state index in [9.17, 15) is 13.2 Å². The van der Waals surface area contributed by atoms with Crippen LogP contribution >= 0.6 is 15.9 Å². The molecule has 17 heavy (non-hydrogen) atoms. The van der Waals surface area contributed by atoms with Gasteiger partial charge in [-0.25, -0.2) is 0 Å². The molecule has 0 nitrogen and oxygen atoms in total. The average molecular weight is 307 g/mol. The Morgan fingerprint density at radius 2 is 1.88 bits per heavy atom. The van der Waals surface area contributed by atoms with E-state index in [1.807, 2.05) is 6.07 Å². The molecule has 1 atom stereocenters. The lowest BCUT2D eigenvalue weighted by molar-refractivity contribution is -0.135. The topological polar surface area (TPSA) is 0 Å². The number of aryl methyl sites for hydroxylation is 2. The minimum absolute atomic E-state index is 0.0995. The molecule has 1 aliphatic carbocycles. The quantitative estimate of drug-likeness (QED) is 0.693. The van der Waals surface area contributed by atoms with Crippen molar-refractivity contribution in [3.63, 3.8) is 0 Å². The predicted octanol–water partition coefficient (Wildman–Crippen LogP) is 4.95. The van der Waals surface area contributed by atoms with Crippen LogP contribution in [0.1, 0.15) is 40.8 Å². The summed E-state index contributed by atoms with van der Waals surface area (Å²) < 4.78 is 36.4. The molecule has 4 heteroatoms. The van der Waals surface area contributed by atoms with E-state index in [1.54, 1.807) is 0 Å². The highest BCUT2D eigenvalue weighted by Gasteiger charge is 2.28. The first-order chi connectivity index (χ1) is 7.96. The summed E-state index contributed by atoms with van der Waals surface area (Å²) in [6, 6.07) is 6.05. The lowest BCUT2D eigenvalue weighted by Gasteiger charge is -2.13. The van der Waals surface area contributed by atoms with Crippen molar-refractivity contribution < 1.29 is 13.2 Å². The summed E-state index contributed by atoms with van der Waals surface area (Å²) in [5.74, 6) is 0. The van der Waals surface area contributed by atoms with Gasteiger partial charge in [-0.1, -0.05) is 34.1 Å². The predicted molar refractivity (Wildman–Crippen MR) is 65.4 cm³/mol. The Hall–Kier alpha value is -0.510. The van der Waals surface area contributed by atoms with Gasteiger partial charge in [0, 0.05) is 11.2 Å². The lowest BCUT2D eigenvalue weighted by atomic mass is 10.0. The molecule has 0 spiro atoms. The Bertz CT molecular complexity index is 398. The second-order valence-electron chi connectivity index (χ2n) is 4.50. The second-order valence-corrected chi connectivity index (χ2v) is 5.61. The molecule has 0 aliphatic heterocycles. The molecule has 94 valence electrons. The summed E-state index contributed by atoms with van der Waals surface area (Å²) in [6.07, 6.45) is -1.38. The molecule has 1 unspecified atom stereocenters. The molecule has 0 saturated heterocycles. The largest absolute Gasteiger partial charge is 0.389 e. The Kier molecular flexibility index (Phi) is 3.81. The monoisotopic (exact) mass is 306 g/mol. The standard InChI is InChI=1S/C13H14BrF3/c14-12(6-7-13(15,16)17)11-5-4-9-2-1-3-10(9)8-11/h4-5,8,12H,1-3,6-7H2. The van der Waals surface area contributed by atoms with Crippen LogP contribution in [0.4, 0.5) is 13.2 Å². The van der Waals surface area contributed by atoms with Crippen molar-refractivity contribution in [2.24, 2.45) is 0 Å². The van der Waals surface area contributed by atoms with E-state index in [1.165, 1.54) is 11.1 Å². The van der Waals surface area contributed by atoms with Crippen LogP contribution in [0.2, 0.25) is 0 Å². The summed E-state index contributed by atoms with van der Waals surface area (Å²) >= 11 is 3.35. The smallest absolute Gasteiger partial charge is 0.171 e. The number of hydrogen-bond donors (Lipinski definition) is 0. The van der Waals surface area contributed by atoms with Crippen molar-refractivity contribution in [1.82, 2.24) is 0 Å². The van der Waals surface area contributed by atoms with E-state index in [0.29, 0.717) is 0 Å². The number of halogens is 4. The summed E-state index contributed by atoms with van der Waals surface area (Å²) in [6.45, 7) is 0. The zero-order valence-electron chi connectivity index (χ0n) is 9.36. The van der Waals surface area contributed by atoms with Gasteiger partial charge in [-0.15, -0.1) is 0 Å². The van der Waals surface area contributed by atoms with Crippen LogP contribution in [-0.2, 0) is 12.8 Å². The van der Waals surface area contributed by atoms with Crippen molar-refractivity contribution in [3.05, 3.63) is 34.9 Å². The van der Waals surface area contributed by atoms with E-state index in [0.717, 1.165) is 24.8 Å². The molecule has 0 fully saturated rings. The molecule has 0 heterocycles. The number of fused-ring (bicyclic) bond motifs is 1. The van der Waals surface area contributed by atoms with Crippen molar-refractivity contribution in [2.75, 3.05) is 0 Å². The van der Waals surface area contributed by atoms with Crippen molar-refractivity contribution >= 4 is 15.9 Å². The van der Waals surface area contributed by atoms with Crippen molar-refractivity contribution in [3.8, 4) is 0 Å². The molecule has 1 aromatic rings. The maximum atomic E-state index is 12.1. The van der Waals surface area contributed by atoms with Gasteiger partial charge in [0.1, 0.15) is 0 Å². The first-order valence-electron chi connectivity index (χ1n) is 5.78. The molecular formula is C13H14BrF3. The maximum Gasteiger partial charge on any atom is 0.389 e. The molecule has 0 N–H and O–H groups in total. The van der Waals surface area contributed by atoms with E-state index in [2.05, 4.69) is 28.1 Å². The van der Waals surface area contributed by atoms with Gasteiger partial charge in [-0.3, -0.25) is 0 Å². The fraction of sp³-hybridized carbons (Fsp3) is 0.538. The molecule has 2 rings (SSSR count). The second kappa shape index (κ2) is 5.01. The van der Waals surface area contributed by atoms with Crippen LogP contribution in [0.15, 0.2) is 18.2 Å². The highest BCUT2D eigenvalue weighted by Crippen LogP contribution is 2.35. The summed E-state index contributed by atoms with van der Waals surface area (Å²) in [4.78, 5) is -0.199. The molecule has 1 aromatic carbocycles. The van der Waals surface area contributed by atoms with Gasteiger partial charge in [0.2, 0.25) is 0 Å². The Morgan fingerprint density at radius 3 is 2.59 bits per heavy atom. The van der Waals surface area contributed by atoms with Crippen molar-refractivity contribution in [1.29, 1.82) is 0 Å². The average Bonchev–Trinajstić information content (AvgIpc) is 2.71. The maximum absolute atomic E-state index is 12.1. The zero-order chi connectivity index (χ0) is 12.5. The van der Waals surface area contributed by atoms with Gasteiger partial charge in [-0.05, 0) is 42.4 Å². The minimum Gasteiger partial charge on any atom is -0.171 e. The molecule has 0 bridgehead atoms. The molecule has 0 amide bonds. The van der Waals surface area contributed by atoms with E-state index in [4.69, 9.17) is 0 Å². The molecule has 0 radical (unpaired) electrons. The van der Waals surface area contributed by atoms with Gasteiger partial charge in [-0.2, -0.15) is 13.2 Å². The Labute approximate surface area is 107 Å². The van der Waals surface area contributed by atoms with Crippen LogP contribution < -0.4 is 0 Å². The lowest BCUT2D eigenvalue weighted by Crippen LogP contribution is -2.08. The van der Waals surface area contributed by atoms with Gasteiger partial charge in [0.05, 0.1) is 0 Å². The molecule has 0 aromatic heterocycles. The third kappa shape index (κ3) is 3.47. The first-order valence-corrected chi connectivity index (χ1v) is 6.70. The molecular weight excluding hydrogens is 293 g/mol. The summed E-state index contributed by atoms with van der Waals surface area (Å²) in [7, 11) is 0. The fourth-order valence-electron chi connectivity index (χ4n) is 2.24. The van der Waals surface area contributed by atoms with Crippen LogP contribution in [-0.4, -0.2) is 6.18 Å². The first kappa shape index (κ1) is 12.9. The fourth-order valence-corrected chi connectivity index (χ4v) is 2.76. The summed E-state index contributed by atoms with van der Waals surface area (Å²) in [5, 5.41) is 0. The van der Waals surface area contributed by atoms with Gasteiger partial charge < -0.3 is 0 Å². The van der Waals surface area contributed by atoms with Crippen LogP contribution in [0.5, 0.6) is 0 Å². The zero-order valence-corrected chi connectivity index (χ0v) is 10.9. The third-order valence-electron chi connectivity index (χ3n) is 3.17. The number of rotatable bonds is 3. The van der Waals surface area contributed by atoms with Crippen LogP contribution in [0.3, 0.4) is 0 Å². The highest BCUT2D eigenvalue weighted by atomic mass is 79.9. The van der Waals surface area contributed by atoms with Gasteiger partial charge in [0.15, 0.2) is 0 Å². The van der Waals surface area contributed by atoms with E-state index >= 15 is 0 Å². The third-order valence-corrected chi connectivity index (χ3v) is 4.15. The van der Waals surface area contributed by atoms with Crippen LogP contribution in [0, 0.1) is 0 Å². The normalized spacial score (nSPS) is 16.9. The van der Waals surface area contributed by atoms with E-state index in [-0.39, 0.29) is 11.2 Å². The molecule has 1 aliphatic rings. The van der Waals surface area contributed by atoms with Crippen LogP contribution in [0.25, 0.3) is 0 Å². The summed E-state index contributed by atoms with van der Waals surface area (Å²) in [5.41, 5.74) is 3.62. The van der Waals surface area contributed by atoms with Gasteiger partial charge >= 0.3 is 6.18 Å². The Balaban J connectivity index is 2.02. The molecule has 0 saturated carbocycles. The SMILES string of the molecule is FC(F)(F)CCC(Br)c1ccc2c(c1)CCC2. The number of benzene rings is 1. The minimum atomic E-state index is -4.07. The van der Waals surface area contributed by atoms with E-state index < -0.39 is 12.6 Å². The number of hydrogen-bond acceptors (Lipinski definition) is 0. The Morgan fingerprint density at radius 1 is 1.18 bits per heavy atom. The highest BCUT2D eigenvalue weighted by molar-refractivity contribution is 9.09. The van der Waals surface area contributed by atoms with Crippen molar-refractivity contribution in [2.45, 2.75) is 43.1 Å². The number of alkyl halides is 4. The van der Waals surface area contributed by atoms with Gasteiger partial charge in [0.25, 0.3) is 0 Å².